The van der Waals surface area contributed by atoms with Crippen LogP contribution in [0.5, 0.6) is 0 Å². The fraction of sp³-hybridized carbons (Fsp3) is 0.417. The molecule has 1 saturated heterocycles. The summed E-state index contributed by atoms with van der Waals surface area (Å²) in [7, 11) is 1.75. The molecule has 1 aromatic carbocycles. The van der Waals surface area contributed by atoms with Crippen molar-refractivity contribution in [2.24, 2.45) is 0 Å². The lowest BCUT2D eigenvalue weighted by Gasteiger charge is -2.34. The van der Waals surface area contributed by atoms with Crippen LogP contribution >= 0.6 is 0 Å². The third kappa shape index (κ3) is 2.24. The van der Waals surface area contributed by atoms with E-state index in [1.807, 2.05) is 0 Å². The van der Waals surface area contributed by atoms with Crippen LogP contribution in [0.3, 0.4) is 0 Å². The Kier molecular flexibility index (Phi) is 3.28. The van der Waals surface area contributed by atoms with Crippen molar-refractivity contribution in [3.63, 3.8) is 0 Å². The van der Waals surface area contributed by atoms with E-state index in [9.17, 15) is 14.3 Å². The molecule has 0 saturated carbocycles. The summed E-state index contributed by atoms with van der Waals surface area (Å²) in [6.45, 7) is 1.13. The first-order chi connectivity index (χ1) is 8.13. The van der Waals surface area contributed by atoms with Crippen molar-refractivity contribution in [1.29, 1.82) is 0 Å². The summed E-state index contributed by atoms with van der Waals surface area (Å²) in [5.41, 5.74) is 0.860. The standard InChI is InChI=1S/C12H15FN2O2/c1-14-5-6-15(7-12(14)17)11-4-2-3-10(13)9(11)8-16/h2-4,16H,5-8H2,1H3. The van der Waals surface area contributed by atoms with Gasteiger partial charge in [0.15, 0.2) is 0 Å². The van der Waals surface area contributed by atoms with Crippen molar-refractivity contribution in [2.75, 3.05) is 31.6 Å². The first-order valence-electron chi connectivity index (χ1n) is 5.50. The highest BCUT2D eigenvalue weighted by molar-refractivity contribution is 5.82. The van der Waals surface area contributed by atoms with E-state index in [1.165, 1.54) is 6.07 Å². The molecule has 1 fully saturated rings. The van der Waals surface area contributed by atoms with E-state index in [4.69, 9.17) is 0 Å². The van der Waals surface area contributed by atoms with Crippen molar-refractivity contribution in [3.05, 3.63) is 29.6 Å². The van der Waals surface area contributed by atoms with Gasteiger partial charge in [0.2, 0.25) is 5.91 Å². The number of rotatable bonds is 2. The van der Waals surface area contributed by atoms with E-state index < -0.39 is 5.82 Å². The number of benzene rings is 1. The molecule has 0 radical (unpaired) electrons. The molecule has 92 valence electrons. The highest BCUT2D eigenvalue weighted by Crippen LogP contribution is 2.24. The lowest BCUT2D eigenvalue weighted by molar-refractivity contribution is -0.129. The van der Waals surface area contributed by atoms with Gasteiger partial charge in [0.25, 0.3) is 0 Å². The number of likely N-dealkylation sites (N-methyl/N-ethyl adjacent to an activating group) is 1. The van der Waals surface area contributed by atoms with Gasteiger partial charge in [0.1, 0.15) is 5.82 Å². The van der Waals surface area contributed by atoms with E-state index in [-0.39, 0.29) is 24.6 Å². The monoisotopic (exact) mass is 238 g/mol. The molecule has 1 N–H and O–H groups in total. The Morgan fingerprint density at radius 3 is 2.82 bits per heavy atom. The third-order valence-corrected chi connectivity index (χ3v) is 3.05. The summed E-state index contributed by atoms with van der Waals surface area (Å²) in [5.74, 6) is -0.430. The molecule has 0 aliphatic carbocycles. The number of anilines is 1. The largest absolute Gasteiger partial charge is 0.391 e. The topological polar surface area (TPSA) is 43.8 Å². The summed E-state index contributed by atoms with van der Waals surface area (Å²) in [5, 5.41) is 9.19. The number of piperazine rings is 1. The summed E-state index contributed by atoms with van der Waals surface area (Å²) in [6, 6.07) is 4.63. The van der Waals surface area contributed by atoms with Crippen LogP contribution < -0.4 is 4.90 Å². The first kappa shape index (κ1) is 11.9. The minimum Gasteiger partial charge on any atom is -0.391 e. The van der Waals surface area contributed by atoms with Crippen LogP contribution in [0.1, 0.15) is 5.56 Å². The lowest BCUT2D eigenvalue weighted by atomic mass is 10.1. The molecule has 4 nitrogen and oxygen atoms in total. The van der Waals surface area contributed by atoms with Crippen molar-refractivity contribution in [2.45, 2.75) is 6.61 Å². The molecule has 2 rings (SSSR count). The van der Waals surface area contributed by atoms with Crippen LogP contribution in [-0.4, -0.2) is 42.6 Å². The second kappa shape index (κ2) is 4.71. The van der Waals surface area contributed by atoms with Gasteiger partial charge in [-0.1, -0.05) is 6.07 Å². The number of carbonyl (C=O) groups is 1. The Bertz CT molecular complexity index is 437. The van der Waals surface area contributed by atoms with E-state index in [0.717, 1.165) is 0 Å². The molecule has 5 heteroatoms. The minimum atomic E-state index is -0.434. The molecule has 1 amide bonds. The van der Waals surface area contributed by atoms with Gasteiger partial charge in [-0.15, -0.1) is 0 Å². The van der Waals surface area contributed by atoms with Crippen molar-refractivity contribution in [1.82, 2.24) is 4.90 Å². The van der Waals surface area contributed by atoms with Gasteiger partial charge in [0, 0.05) is 31.4 Å². The SMILES string of the molecule is CN1CCN(c2cccc(F)c2CO)CC1=O. The first-order valence-corrected chi connectivity index (χ1v) is 5.50. The number of amides is 1. The molecule has 17 heavy (non-hydrogen) atoms. The smallest absolute Gasteiger partial charge is 0.241 e. The second-order valence-electron chi connectivity index (χ2n) is 4.13. The molecule has 0 aromatic heterocycles. The molecular weight excluding hydrogens is 223 g/mol. The molecule has 0 unspecified atom stereocenters. The van der Waals surface area contributed by atoms with Gasteiger partial charge >= 0.3 is 0 Å². The molecule has 1 aromatic rings. The average Bonchev–Trinajstić information content (AvgIpc) is 2.32. The Morgan fingerprint density at radius 1 is 1.41 bits per heavy atom. The molecule has 1 aliphatic rings. The molecular formula is C12H15FN2O2. The van der Waals surface area contributed by atoms with E-state index >= 15 is 0 Å². The lowest BCUT2D eigenvalue weighted by Crippen LogP contribution is -2.48. The minimum absolute atomic E-state index is 0.00408. The Hall–Kier alpha value is -1.62. The maximum atomic E-state index is 13.5. The summed E-state index contributed by atoms with van der Waals surface area (Å²) in [6.07, 6.45) is 0. The van der Waals surface area contributed by atoms with Gasteiger partial charge in [-0.25, -0.2) is 4.39 Å². The second-order valence-corrected chi connectivity index (χ2v) is 4.13. The fourth-order valence-electron chi connectivity index (χ4n) is 1.96. The highest BCUT2D eigenvalue weighted by atomic mass is 19.1. The van der Waals surface area contributed by atoms with Gasteiger partial charge < -0.3 is 14.9 Å². The van der Waals surface area contributed by atoms with Crippen molar-refractivity contribution >= 4 is 11.6 Å². The predicted octanol–water partition coefficient (Wildman–Crippen LogP) is 0.596. The molecule has 0 atom stereocenters. The number of nitrogens with zero attached hydrogens (tertiary/aromatic N) is 2. The number of aliphatic hydroxyl groups is 1. The van der Waals surface area contributed by atoms with E-state index in [0.29, 0.717) is 18.8 Å². The number of halogens is 1. The van der Waals surface area contributed by atoms with Gasteiger partial charge in [-0.3, -0.25) is 4.79 Å². The quantitative estimate of drug-likeness (QED) is 0.820. The normalized spacial score (nSPS) is 16.5. The average molecular weight is 238 g/mol. The van der Waals surface area contributed by atoms with E-state index in [1.54, 1.807) is 29.0 Å². The van der Waals surface area contributed by atoms with Crippen LogP contribution in [-0.2, 0) is 11.4 Å². The predicted molar refractivity (Wildman–Crippen MR) is 62.2 cm³/mol. The highest BCUT2D eigenvalue weighted by Gasteiger charge is 2.23. The van der Waals surface area contributed by atoms with Gasteiger partial charge in [-0.05, 0) is 12.1 Å². The van der Waals surface area contributed by atoms with Crippen LogP contribution in [0, 0.1) is 5.82 Å². The molecule has 0 spiro atoms. The van der Waals surface area contributed by atoms with Crippen molar-refractivity contribution < 1.29 is 14.3 Å². The number of carbonyl (C=O) groups excluding carboxylic acids is 1. The van der Waals surface area contributed by atoms with Crippen LogP contribution in [0.2, 0.25) is 0 Å². The zero-order chi connectivity index (χ0) is 12.4. The molecule has 1 aliphatic heterocycles. The van der Waals surface area contributed by atoms with Gasteiger partial charge in [0.05, 0.1) is 13.2 Å². The third-order valence-electron chi connectivity index (χ3n) is 3.05. The zero-order valence-corrected chi connectivity index (χ0v) is 9.69. The Morgan fingerprint density at radius 2 is 2.18 bits per heavy atom. The molecule has 1 heterocycles. The maximum absolute atomic E-state index is 13.5. The Balaban J connectivity index is 2.28. The summed E-state index contributed by atoms with van der Waals surface area (Å²) in [4.78, 5) is 15.0. The summed E-state index contributed by atoms with van der Waals surface area (Å²) < 4.78 is 13.5. The maximum Gasteiger partial charge on any atom is 0.241 e. The van der Waals surface area contributed by atoms with Crippen LogP contribution in [0.25, 0.3) is 0 Å². The van der Waals surface area contributed by atoms with Crippen molar-refractivity contribution in [3.8, 4) is 0 Å². The zero-order valence-electron chi connectivity index (χ0n) is 9.69. The van der Waals surface area contributed by atoms with E-state index in [2.05, 4.69) is 0 Å². The number of hydrogen-bond donors (Lipinski definition) is 1. The summed E-state index contributed by atoms with van der Waals surface area (Å²) >= 11 is 0. The van der Waals surface area contributed by atoms with Crippen LogP contribution in [0.15, 0.2) is 18.2 Å². The van der Waals surface area contributed by atoms with Gasteiger partial charge in [-0.2, -0.15) is 0 Å². The van der Waals surface area contributed by atoms with Crippen LogP contribution in [0.4, 0.5) is 10.1 Å². The fourth-order valence-corrected chi connectivity index (χ4v) is 1.96. The number of aliphatic hydroxyl groups excluding tert-OH is 1. The molecule has 0 bridgehead atoms. The number of hydrogen-bond acceptors (Lipinski definition) is 3. The Labute approximate surface area is 99.3 Å².